The molecule has 1 aliphatic rings. The largest absolute Gasteiger partial charge is 0.344 e. The Hall–Kier alpha value is -2.42. The quantitative estimate of drug-likeness (QED) is 0.708. The first kappa shape index (κ1) is 22.3. The lowest BCUT2D eigenvalue weighted by molar-refractivity contribution is -0.129. The van der Waals surface area contributed by atoms with Gasteiger partial charge in [0, 0.05) is 23.8 Å². The summed E-state index contributed by atoms with van der Waals surface area (Å²) in [6.07, 6.45) is 1.15. The van der Waals surface area contributed by atoms with Gasteiger partial charge in [-0.15, -0.1) is 0 Å². The highest BCUT2D eigenvalue weighted by Crippen LogP contribution is 2.24. The second-order valence-corrected chi connectivity index (χ2v) is 9.62. The number of halogens is 1. The van der Waals surface area contributed by atoms with E-state index in [4.69, 9.17) is 11.6 Å². The minimum Gasteiger partial charge on any atom is -0.344 e. The summed E-state index contributed by atoms with van der Waals surface area (Å²) in [5.41, 5.74) is 0.572. The van der Waals surface area contributed by atoms with Crippen LogP contribution in [0.25, 0.3) is 0 Å². The first-order chi connectivity index (χ1) is 14.3. The molecule has 3 rings (SSSR count). The Balaban J connectivity index is 1.59. The zero-order chi connectivity index (χ0) is 21.7. The molecule has 0 bridgehead atoms. The summed E-state index contributed by atoms with van der Waals surface area (Å²) in [5.74, 6) is -1.21. The molecular formula is C21H24ClN3O4S. The molecule has 0 unspecified atom stereocenters. The average molecular weight is 450 g/mol. The summed E-state index contributed by atoms with van der Waals surface area (Å²) in [6, 6.07) is 14.1. The van der Waals surface area contributed by atoms with Gasteiger partial charge in [0.15, 0.2) is 0 Å². The van der Waals surface area contributed by atoms with E-state index in [-0.39, 0.29) is 23.3 Å². The van der Waals surface area contributed by atoms with Gasteiger partial charge in [-0.2, -0.15) is 4.31 Å². The highest BCUT2D eigenvalue weighted by molar-refractivity contribution is 7.89. The average Bonchev–Trinajstić information content (AvgIpc) is 2.76. The number of hydrogen-bond acceptors (Lipinski definition) is 4. The molecule has 0 aromatic heterocycles. The van der Waals surface area contributed by atoms with Gasteiger partial charge in [0.25, 0.3) is 0 Å². The normalized spacial score (nSPS) is 18.4. The van der Waals surface area contributed by atoms with Crippen LogP contribution < -0.4 is 10.6 Å². The molecule has 1 fully saturated rings. The van der Waals surface area contributed by atoms with Gasteiger partial charge in [0.05, 0.1) is 10.8 Å². The van der Waals surface area contributed by atoms with Crippen molar-refractivity contribution in [2.45, 2.75) is 30.7 Å². The zero-order valence-corrected chi connectivity index (χ0v) is 18.1. The van der Waals surface area contributed by atoms with E-state index in [0.717, 1.165) is 0 Å². The number of hydrogen-bond donors (Lipinski definition) is 2. The Morgan fingerprint density at radius 2 is 1.77 bits per heavy atom. The third-order valence-electron chi connectivity index (χ3n) is 5.00. The number of carbonyl (C=O) groups is 2. The molecule has 2 aromatic rings. The van der Waals surface area contributed by atoms with Gasteiger partial charge in [0.2, 0.25) is 21.8 Å². The van der Waals surface area contributed by atoms with Crippen molar-refractivity contribution in [1.82, 2.24) is 9.62 Å². The fourth-order valence-electron chi connectivity index (χ4n) is 3.30. The van der Waals surface area contributed by atoms with Crippen LogP contribution in [0, 0.1) is 5.92 Å². The first-order valence-electron chi connectivity index (χ1n) is 9.69. The molecule has 1 aliphatic heterocycles. The van der Waals surface area contributed by atoms with Crippen molar-refractivity contribution in [3.05, 3.63) is 59.6 Å². The Bertz CT molecular complexity index is 997. The van der Waals surface area contributed by atoms with E-state index in [1.807, 2.05) is 0 Å². The van der Waals surface area contributed by atoms with Gasteiger partial charge in [-0.05, 0) is 56.2 Å². The van der Waals surface area contributed by atoms with Crippen molar-refractivity contribution in [3.8, 4) is 0 Å². The molecule has 2 N–H and O–H groups in total. The molecular weight excluding hydrogens is 426 g/mol. The number of rotatable bonds is 6. The van der Waals surface area contributed by atoms with Crippen LogP contribution in [0.4, 0.5) is 5.69 Å². The van der Waals surface area contributed by atoms with Crippen molar-refractivity contribution < 1.29 is 18.0 Å². The van der Waals surface area contributed by atoms with Gasteiger partial charge < -0.3 is 10.6 Å². The summed E-state index contributed by atoms with van der Waals surface area (Å²) in [4.78, 5) is 25.3. The Morgan fingerprint density at radius 1 is 1.10 bits per heavy atom. The molecule has 0 aliphatic carbocycles. The Morgan fingerprint density at radius 3 is 2.43 bits per heavy atom. The van der Waals surface area contributed by atoms with Crippen LogP contribution in [0.2, 0.25) is 5.02 Å². The molecule has 0 spiro atoms. The molecule has 0 radical (unpaired) electrons. The van der Waals surface area contributed by atoms with Crippen LogP contribution in [-0.4, -0.2) is 43.7 Å². The number of anilines is 1. The zero-order valence-electron chi connectivity index (χ0n) is 16.5. The summed E-state index contributed by atoms with van der Waals surface area (Å²) < 4.78 is 27.0. The molecule has 2 amide bonds. The van der Waals surface area contributed by atoms with Gasteiger partial charge in [-0.1, -0.05) is 29.8 Å². The number of nitrogens with zero attached hydrogens (tertiary/aromatic N) is 1. The molecule has 9 heteroatoms. The van der Waals surface area contributed by atoms with Crippen LogP contribution in [0.5, 0.6) is 0 Å². The van der Waals surface area contributed by atoms with Crippen LogP contribution in [0.1, 0.15) is 19.8 Å². The van der Waals surface area contributed by atoms with Crippen LogP contribution in [0.15, 0.2) is 59.5 Å². The predicted molar refractivity (Wildman–Crippen MR) is 116 cm³/mol. The predicted octanol–water partition coefficient (Wildman–Crippen LogP) is 2.88. The maximum absolute atomic E-state index is 12.8. The minimum atomic E-state index is -3.65. The number of piperidine rings is 1. The number of carbonyl (C=O) groups excluding carboxylic acids is 2. The van der Waals surface area contributed by atoms with E-state index in [0.29, 0.717) is 30.1 Å². The maximum Gasteiger partial charge on any atom is 0.246 e. The van der Waals surface area contributed by atoms with Crippen molar-refractivity contribution >= 4 is 39.1 Å². The molecule has 160 valence electrons. The maximum atomic E-state index is 12.8. The minimum absolute atomic E-state index is 0.0918. The SMILES string of the molecule is C[C@H](NC(=O)[C@@H]1CCCN(S(=O)(=O)c2ccccc2)C1)C(=O)Nc1ccc(Cl)cc1. The molecule has 2 aromatic carbocycles. The number of sulfonamides is 1. The van der Waals surface area contributed by atoms with Crippen molar-refractivity contribution in [3.63, 3.8) is 0 Å². The monoisotopic (exact) mass is 449 g/mol. The van der Waals surface area contributed by atoms with E-state index in [1.165, 1.54) is 4.31 Å². The number of amides is 2. The van der Waals surface area contributed by atoms with Crippen LogP contribution >= 0.6 is 11.6 Å². The van der Waals surface area contributed by atoms with Crippen LogP contribution in [-0.2, 0) is 19.6 Å². The van der Waals surface area contributed by atoms with E-state index < -0.39 is 22.0 Å². The van der Waals surface area contributed by atoms with E-state index >= 15 is 0 Å². The lowest BCUT2D eigenvalue weighted by Crippen LogP contribution is -2.49. The summed E-state index contributed by atoms with van der Waals surface area (Å²) in [6.45, 7) is 2.05. The first-order valence-corrected chi connectivity index (χ1v) is 11.5. The highest BCUT2D eigenvalue weighted by atomic mass is 35.5. The van der Waals surface area contributed by atoms with Crippen molar-refractivity contribution in [2.75, 3.05) is 18.4 Å². The van der Waals surface area contributed by atoms with Gasteiger partial charge in [0.1, 0.15) is 6.04 Å². The lowest BCUT2D eigenvalue weighted by Gasteiger charge is -2.31. The standard InChI is InChI=1S/C21H24ClN3O4S/c1-15(20(26)24-18-11-9-17(22)10-12-18)23-21(27)16-6-5-13-25(14-16)30(28,29)19-7-3-2-4-8-19/h2-4,7-12,15-16H,5-6,13-14H2,1H3,(H,23,27)(H,24,26)/t15-,16+/m0/s1. The lowest BCUT2D eigenvalue weighted by atomic mass is 9.98. The third kappa shape index (κ3) is 5.38. The van der Waals surface area contributed by atoms with E-state index in [1.54, 1.807) is 61.5 Å². The molecule has 30 heavy (non-hydrogen) atoms. The fraction of sp³-hybridized carbons (Fsp3) is 0.333. The van der Waals surface area contributed by atoms with E-state index in [2.05, 4.69) is 10.6 Å². The summed E-state index contributed by atoms with van der Waals surface area (Å²) >= 11 is 5.83. The fourth-order valence-corrected chi connectivity index (χ4v) is 4.97. The summed E-state index contributed by atoms with van der Waals surface area (Å²) in [5, 5.41) is 5.96. The molecule has 0 saturated carbocycles. The smallest absolute Gasteiger partial charge is 0.246 e. The Labute approximate surface area is 181 Å². The third-order valence-corrected chi connectivity index (χ3v) is 7.13. The van der Waals surface area contributed by atoms with Crippen LogP contribution in [0.3, 0.4) is 0 Å². The van der Waals surface area contributed by atoms with Gasteiger partial charge in [-0.25, -0.2) is 8.42 Å². The topological polar surface area (TPSA) is 95.6 Å². The number of nitrogens with one attached hydrogen (secondary N) is 2. The van der Waals surface area contributed by atoms with Crippen molar-refractivity contribution in [2.24, 2.45) is 5.92 Å². The second kappa shape index (κ2) is 9.59. The molecule has 1 saturated heterocycles. The van der Waals surface area contributed by atoms with E-state index in [9.17, 15) is 18.0 Å². The highest BCUT2D eigenvalue weighted by Gasteiger charge is 2.34. The number of benzene rings is 2. The molecule has 7 nitrogen and oxygen atoms in total. The Kier molecular flexibility index (Phi) is 7.12. The van der Waals surface area contributed by atoms with Gasteiger partial charge in [-0.3, -0.25) is 9.59 Å². The van der Waals surface area contributed by atoms with Gasteiger partial charge >= 0.3 is 0 Å². The second-order valence-electron chi connectivity index (χ2n) is 7.24. The molecule has 1 heterocycles. The summed E-state index contributed by atoms with van der Waals surface area (Å²) in [7, 11) is -3.65. The molecule has 2 atom stereocenters. The van der Waals surface area contributed by atoms with Crippen molar-refractivity contribution in [1.29, 1.82) is 0 Å².